The fraction of sp³-hybridized carbons (Fsp3) is 0.200. The Bertz CT molecular complexity index is 1900. The molecule has 1 aliphatic heterocycles. The van der Waals surface area contributed by atoms with Crippen LogP contribution in [0.15, 0.2) is 142 Å². The normalized spacial score (nSPS) is 20.0. The Morgan fingerprint density at radius 2 is 1.33 bits per heavy atom. The summed E-state index contributed by atoms with van der Waals surface area (Å²) in [4.78, 5) is 26.7. The predicted octanol–water partition coefficient (Wildman–Crippen LogP) is 3.89. The lowest BCUT2D eigenvalue weighted by Gasteiger charge is -2.37. The third-order valence-electron chi connectivity index (χ3n) is 7.99. The highest BCUT2D eigenvalue weighted by Gasteiger charge is 2.50. The number of benzene rings is 4. The van der Waals surface area contributed by atoms with Gasteiger partial charge in [0.15, 0.2) is 12.3 Å². The van der Waals surface area contributed by atoms with E-state index in [9.17, 15) is 23.1 Å². The summed E-state index contributed by atoms with van der Waals surface area (Å²) in [6, 6.07) is 35.9. The van der Waals surface area contributed by atoms with Crippen molar-refractivity contribution in [2.45, 2.75) is 42.0 Å². The Labute approximate surface area is 265 Å². The van der Waals surface area contributed by atoms with Crippen molar-refractivity contribution in [3.8, 4) is 0 Å². The Morgan fingerprint density at radius 3 is 1.83 bits per heavy atom. The lowest BCUT2D eigenvalue weighted by Crippen LogP contribution is -2.41. The number of aromatic amines is 1. The highest BCUT2D eigenvalue weighted by molar-refractivity contribution is 7.86. The molecular weight excluding hydrogens is 608 g/mol. The number of aryl methyl sites for hydroxylation is 1. The number of nitrogens with one attached hydrogen (secondary N) is 1. The van der Waals surface area contributed by atoms with E-state index in [1.165, 1.54) is 18.3 Å². The largest absolute Gasteiger partial charge is 0.387 e. The van der Waals surface area contributed by atoms with Crippen molar-refractivity contribution in [3.05, 3.63) is 171 Å². The number of ether oxygens (including phenoxy) is 2. The molecule has 6 rings (SSSR count). The van der Waals surface area contributed by atoms with Gasteiger partial charge in [0.05, 0.1) is 11.5 Å². The van der Waals surface area contributed by atoms with E-state index in [0.717, 1.165) is 32.9 Å². The average Bonchev–Trinajstić information content (AvgIpc) is 3.36. The van der Waals surface area contributed by atoms with Crippen LogP contribution in [0.2, 0.25) is 0 Å². The molecule has 10 nitrogen and oxygen atoms in total. The first-order valence-corrected chi connectivity index (χ1v) is 16.1. The van der Waals surface area contributed by atoms with Gasteiger partial charge in [-0.1, -0.05) is 109 Å². The van der Waals surface area contributed by atoms with Crippen molar-refractivity contribution in [3.63, 3.8) is 0 Å². The molecule has 46 heavy (non-hydrogen) atoms. The van der Waals surface area contributed by atoms with Crippen molar-refractivity contribution in [1.29, 1.82) is 0 Å². The lowest BCUT2D eigenvalue weighted by molar-refractivity contribution is -0.0954. The van der Waals surface area contributed by atoms with Crippen molar-refractivity contribution < 1.29 is 27.2 Å². The third-order valence-corrected chi connectivity index (χ3v) is 9.32. The van der Waals surface area contributed by atoms with E-state index in [0.29, 0.717) is 0 Å². The molecule has 11 heteroatoms. The topological polar surface area (TPSA) is 137 Å². The van der Waals surface area contributed by atoms with Gasteiger partial charge in [0, 0.05) is 12.3 Å². The summed E-state index contributed by atoms with van der Waals surface area (Å²) in [5, 5.41) is 11.6. The summed E-state index contributed by atoms with van der Waals surface area (Å²) in [5.74, 6) is 0. The molecule has 4 aromatic carbocycles. The van der Waals surface area contributed by atoms with Gasteiger partial charge in [-0.05, 0) is 35.7 Å². The number of hydrogen-bond donors (Lipinski definition) is 2. The highest BCUT2D eigenvalue weighted by atomic mass is 32.2. The van der Waals surface area contributed by atoms with Crippen molar-refractivity contribution >= 4 is 10.1 Å². The van der Waals surface area contributed by atoms with E-state index in [1.807, 2.05) is 97.9 Å². The van der Waals surface area contributed by atoms with Gasteiger partial charge in [-0.3, -0.25) is 18.5 Å². The number of rotatable bonds is 10. The summed E-state index contributed by atoms with van der Waals surface area (Å²) < 4.78 is 46.3. The fourth-order valence-corrected chi connectivity index (χ4v) is 6.78. The van der Waals surface area contributed by atoms with E-state index >= 15 is 0 Å². The smallest absolute Gasteiger partial charge is 0.330 e. The first-order chi connectivity index (χ1) is 22.2. The molecule has 1 aliphatic rings. The minimum atomic E-state index is -4.42. The quantitative estimate of drug-likeness (QED) is 0.173. The van der Waals surface area contributed by atoms with Gasteiger partial charge in [-0.25, -0.2) is 4.79 Å². The summed E-state index contributed by atoms with van der Waals surface area (Å²) in [6.45, 7) is 1.58. The second-order valence-corrected chi connectivity index (χ2v) is 12.6. The van der Waals surface area contributed by atoms with Crippen LogP contribution >= 0.6 is 0 Å². The number of nitrogens with zero attached hydrogens (tertiary/aromatic N) is 1. The molecule has 0 unspecified atom stereocenters. The van der Waals surface area contributed by atoms with Crippen LogP contribution in [-0.2, 0) is 29.4 Å². The Kier molecular flexibility index (Phi) is 8.85. The molecule has 1 saturated heterocycles. The molecule has 2 heterocycles. The second-order valence-electron chi connectivity index (χ2n) is 11.0. The van der Waals surface area contributed by atoms with Crippen LogP contribution in [-0.4, -0.2) is 48.0 Å². The standard InChI is InChI=1S/C35H32N2O8S/c1-24-17-19-28(20-18-24)46(41,42)45-32-31(39)29(44-33(32)37-22-21-30(38)36-34(37)40)23-43-35(25-11-5-2-6-12-25,26-13-7-3-8-14-26)27-15-9-4-10-16-27/h2-22,29,31-33,39H,23H2,1H3,(H,36,38,40)/t29-,31-,32-,33-/m1/s1. The minimum absolute atomic E-state index is 0.131. The molecule has 2 N–H and O–H groups in total. The van der Waals surface area contributed by atoms with Gasteiger partial charge < -0.3 is 14.6 Å². The van der Waals surface area contributed by atoms with E-state index < -0.39 is 51.5 Å². The summed E-state index contributed by atoms with van der Waals surface area (Å²) >= 11 is 0. The van der Waals surface area contributed by atoms with Crippen LogP contribution in [0.3, 0.4) is 0 Å². The van der Waals surface area contributed by atoms with Gasteiger partial charge in [-0.2, -0.15) is 8.42 Å². The van der Waals surface area contributed by atoms with Crippen LogP contribution in [0.25, 0.3) is 0 Å². The molecule has 0 saturated carbocycles. The first kappa shape index (κ1) is 31.3. The Balaban J connectivity index is 1.40. The number of aliphatic hydroxyl groups excluding tert-OH is 1. The lowest BCUT2D eigenvalue weighted by atomic mass is 9.80. The number of H-pyrrole nitrogens is 1. The number of hydrogen-bond acceptors (Lipinski definition) is 8. The highest BCUT2D eigenvalue weighted by Crippen LogP contribution is 2.42. The first-order valence-electron chi connectivity index (χ1n) is 14.6. The molecule has 5 aromatic rings. The van der Waals surface area contributed by atoms with E-state index in [2.05, 4.69) is 4.98 Å². The zero-order chi connectivity index (χ0) is 32.3. The summed E-state index contributed by atoms with van der Waals surface area (Å²) in [6.07, 6.45) is -4.55. The minimum Gasteiger partial charge on any atom is -0.387 e. The molecule has 0 radical (unpaired) electrons. The van der Waals surface area contributed by atoms with Crippen LogP contribution in [0.5, 0.6) is 0 Å². The average molecular weight is 641 g/mol. The van der Waals surface area contributed by atoms with Gasteiger partial charge in [0.25, 0.3) is 15.7 Å². The maximum absolute atomic E-state index is 13.4. The molecule has 236 valence electrons. The van der Waals surface area contributed by atoms with Gasteiger partial charge in [-0.15, -0.1) is 0 Å². The second kappa shape index (κ2) is 13.0. The SMILES string of the molecule is Cc1ccc(S(=O)(=O)O[C@@H]2[C@H](O)[C@@H](COC(c3ccccc3)(c3ccccc3)c3ccccc3)O[C@H]2n2ccc(=O)[nH]c2=O)cc1. The zero-order valence-corrected chi connectivity index (χ0v) is 25.6. The van der Waals surface area contributed by atoms with Crippen LogP contribution < -0.4 is 11.2 Å². The molecule has 1 fully saturated rings. The predicted molar refractivity (Wildman–Crippen MR) is 170 cm³/mol. The van der Waals surface area contributed by atoms with Crippen LogP contribution in [0, 0.1) is 6.92 Å². The van der Waals surface area contributed by atoms with E-state index in [1.54, 1.807) is 12.1 Å². The van der Waals surface area contributed by atoms with Gasteiger partial charge in [0.1, 0.15) is 17.8 Å². The molecule has 4 atom stereocenters. The van der Waals surface area contributed by atoms with Crippen molar-refractivity contribution in [2.24, 2.45) is 0 Å². The van der Waals surface area contributed by atoms with Crippen LogP contribution in [0.1, 0.15) is 28.5 Å². The summed E-state index contributed by atoms with van der Waals surface area (Å²) in [5.41, 5.74) is 0.595. The molecule has 0 amide bonds. The fourth-order valence-electron chi connectivity index (χ4n) is 5.69. The third kappa shape index (κ3) is 6.11. The Hall–Kier alpha value is -4.65. The van der Waals surface area contributed by atoms with E-state index in [4.69, 9.17) is 13.7 Å². The zero-order valence-electron chi connectivity index (χ0n) is 24.8. The molecule has 0 aliphatic carbocycles. The monoisotopic (exact) mass is 640 g/mol. The number of aliphatic hydroxyl groups is 1. The van der Waals surface area contributed by atoms with E-state index in [-0.39, 0.29) is 11.5 Å². The molecule has 1 aromatic heterocycles. The van der Waals surface area contributed by atoms with Crippen LogP contribution in [0.4, 0.5) is 0 Å². The maximum atomic E-state index is 13.4. The van der Waals surface area contributed by atoms with Crippen molar-refractivity contribution in [1.82, 2.24) is 9.55 Å². The molecule has 0 spiro atoms. The maximum Gasteiger partial charge on any atom is 0.330 e. The van der Waals surface area contributed by atoms with Gasteiger partial charge >= 0.3 is 5.69 Å². The summed E-state index contributed by atoms with van der Waals surface area (Å²) in [7, 11) is -4.42. The number of aromatic nitrogens is 2. The van der Waals surface area contributed by atoms with Crippen molar-refractivity contribution in [2.75, 3.05) is 6.61 Å². The Morgan fingerprint density at radius 1 is 0.804 bits per heavy atom. The molecular formula is C35H32N2O8S. The molecule has 0 bridgehead atoms. The van der Waals surface area contributed by atoms with Gasteiger partial charge in [0.2, 0.25) is 0 Å².